The zero-order valence-electron chi connectivity index (χ0n) is 9.92. The molecule has 1 fully saturated rings. The largest absolute Gasteiger partial charge is 0.374 e. The van der Waals surface area contributed by atoms with Crippen LogP contribution in [0.5, 0.6) is 0 Å². The van der Waals surface area contributed by atoms with Gasteiger partial charge in [-0.15, -0.1) is 0 Å². The molecule has 7 heteroatoms. The second kappa shape index (κ2) is 6.26. The number of anilines is 1. The van der Waals surface area contributed by atoms with E-state index in [0.717, 1.165) is 19.7 Å². The van der Waals surface area contributed by atoms with Gasteiger partial charge in [-0.05, 0) is 13.1 Å². The molecule has 1 saturated heterocycles. The smallest absolute Gasteiger partial charge is 0.150 e. The summed E-state index contributed by atoms with van der Waals surface area (Å²) in [5.41, 5.74) is 0. The molecular formula is C11H14Cl3N3O. The first-order chi connectivity index (χ1) is 8.56. The Hall–Kier alpha value is -0.260. The number of halogens is 3. The van der Waals surface area contributed by atoms with Crippen LogP contribution in [0.4, 0.5) is 5.82 Å². The maximum absolute atomic E-state index is 6.03. The van der Waals surface area contributed by atoms with Gasteiger partial charge in [0, 0.05) is 19.6 Å². The summed E-state index contributed by atoms with van der Waals surface area (Å²) in [5, 5.41) is 4.17. The topological polar surface area (TPSA) is 37.4 Å². The van der Waals surface area contributed by atoms with Crippen molar-refractivity contribution in [3.63, 3.8) is 0 Å². The second-order valence-electron chi connectivity index (χ2n) is 4.23. The van der Waals surface area contributed by atoms with Gasteiger partial charge in [0.1, 0.15) is 11.0 Å². The predicted octanol–water partition coefficient (Wildman–Crippen LogP) is 2.78. The standard InChI is InChI=1S/C11H14Cl3N3O/c1-17-2-3-18-7(6-17)5-15-11-9(13)4-8(12)10(14)16-11/h4,7H,2-3,5-6H2,1H3,(H,15,16). The number of rotatable bonds is 3. The fourth-order valence-electron chi connectivity index (χ4n) is 1.77. The van der Waals surface area contributed by atoms with Crippen LogP contribution in [0.15, 0.2) is 6.07 Å². The number of nitrogens with one attached hydrogen (secondary N) is 1. The molecule has 0 saturated carbocycles. The molecule has 1 N–H and O–H groups in total. The molecule has 0 amide bonds. The first-order valence-electron chi connectivity index (χ1n) is 5.62. The summed E-state index contributed by atoms with van der Waals surface area (Å²) < 4.78 is 5.63. The van der Waals surface area contributed by atoms with Gasteiger partial charge in [0.05, 0.1) is 22.8 Å². The van der Waals surface area contributed by atoms with Crippen molar-refractivity contribution in [2.75, 3.05) is 38.6 Å². The minimum atomic E-state index is 0.121. The van der Waals surface area contributed by atoms with Crippen molar-refractivity contribution < 1.29 is 4.74 Å². The zero-order chi connectivity index (χ0) is 13.1. The number of pyridine rings is 1. The van der Waals surface area contributed by atoms with Crippen molar-refractivity contribution in [2.24, 2.45) is 0 Å². The molecular weight excluding hydrogens is 296 g/mol. The van der Waals surface area contributed by atoms with Crippen LogP contribution in [-0.2, 0) is 4.74 Å². The Morgan fingerprint density at radius 2 is 2.22 bits per heavy atom. The summed E-state index contributed by atoms with van der Waals surface area (Å²) in [7, 11) is 2.07. The summed E-state index contributed by atoms with van der Waals surface area (Å²) in [6.07, 6.45) is 0.121. The van der Waals surface area contributed by atoms with E-state index in [1.165, 1.54) is 0 Å². The summed E-state index contributed by atoms with van der Waals surface area (Å²) >= 11 is 17.7. The number of ether oxygens (including phenoxy) is 1. The average Bonchev–Trinajstić information content (AvgIpc) is 2.32. The first-order valence-corrected chi connectivity index (χ1v) is 6.75. The van der Waals surface area contributed by atoms with Gasteiger partial charge in [-0.1, -0.05) is 34.8 Å². The van der Waals surface area contributed by atoms with E-state index >= 15 is 0 Å². The molecule has 100 valence electrons. The van der Waals surface area contributed by atoms with Crippen molar-refractivity contribution in [3.8, 4) is 0 Å². The molecule has 1 aliphatic heterocycles. The molecule has 0 bridgehead atoms. The number of aromatic nitrogens is 1. The summed E-state index contributed by atoms with van der Waals surface area (Å²) in [4.78, 5) is 6.32. The molecule has 1 aromatic heterocycles. The van der Waals surface area contributed by atoms with Crippen molar-refractivity contribution in [1.82, 2.24) is 9.88 Å². The van der Waals surface area contributed by atoms with E-state index in [-0.39, 0.29) is 11.3 Å². The van der Waals surface area contributed by atoms with Gasteiger partial charge in [-0.3, -0.25) is 0 Å². The lowest BCUT2D eigenvalue weighted by Gasteiger charge is -2.30. The van der Waals surface area contributed by atoms with Gasteiger partial charge in [0.2, 0.25) is 0 Å². The predicted molar refractivity (Wildman–Crippen MR) is 75.0 cm³/mol. The van der Waals surface area contributed by atoms with Crippen LogP contribution >= 0.6 is 34.8 Å². The van der Waals surface area contributed by atoms with Crippen LogP contribution < -0.4 is 5.32 Å². The average molecular weight is 311 g/mol. The van der Waals surface area contributed by atoms with Crippen LogP contribution in [0.3, 0.4) is 0 Å². The van der Waals surface area contributed by atoms with Crippen LogP contribution in [0, 0.1) is 0 Å². The third kappa shape index (κ3) is 3.62. The molecule has 2 rings (SSSR count). The highest BCUT2D eigenvalue weighted by Gasteiger charge is 2.18. The molecule has 0 radical (unpaired) electrons. The SMILES string of the molecule is CN1CCOC(CNc2nc(Cl)c(Cl)cc2Cl)C1. The van der Waals surface area contributed by atoms with Crippen LogP contribution in [0.2, 0.25) is 15.2 Å². The lowest BCUT2D eigenvalue weighted by molar-refractivity contribution is -0.0117. The number of morpholine rings is 1. The third-order valence-corrected chi connectivity index (χ3v) is 3.69. The minimum absolute atomic E-state index is 0.121. The van der Waals surface area contributed by atoms with Gasteiger partial charge in [0.25, 0.3) is 0 Å². The number of hydrogen-bond acceptors (Lipinski definition) is 4. The number of nitrogens with zero attached hydrogens (tertiary/aromatic N) is 2. The van der Waals surface area contributed by atoms with Crippen LogP contribution in [0.1, 0.15) is 0 Å². The number of likely N-dealkylation sites (N-methyl/N-ethyl adjacent to an activating group) is 1. The maximum Gasteiger partial charge on any atom is 0.150 e. The van der Waals surface area contributed by atoms with Crippen LogP contribution in [-0.4, -0.2) is 49.3 Å². The van der Waals surface area contributed by atoms with Crippen molar-refractivity contribution in [1.29, 1.82) is 0 Å². The highest BCUT2D eigenvalue weighted by Crippen LogP contribution is 2.28. The van der Waals surface area contributed by atoms with Crippen LogP contribution in [0.25, 0.3) is 0 Å². The Kier molecular flexibility index (Phi) is 4.92. The van der Waals surface area contributed by atoms with E-state index in [1.807, 2.05) is 0 Å². The molecule has 1 atom stereocenters. The molecule has 18 heavy (non-hydrogen) atoms. The van der Waals surface area contributed by atoms with E-state index in [9.17, 15) is 0 Å². The Balaban J connectivity index is 1.95. The molecule has 0 spiro atoms. The van der Waals surface area contributed by atoms with Gasteiger partial charge in [-0.25, -0.2) is 4.98 Å². The highest BCUT2D eigenvalue weighted by atomic mass is 35.5. The fraction of sp³-hybridized carbons (Fsp3) is 0.545. The monoisotopic (exact) mass is 309 g/mol. The molecule has 1 aromatic rings. The van der Waals surface area contributed by atoms with Crippen molar-refractivity contribution in [2.45, 2.75) is 6.10 Å². The van der Waals surface area contributed by atoms with E-state index in [2.05, 4.69) is 22.2 Å². The Bertz CT molecular complexity index is 430. The zero-order valence-corrected chi connectivity index (χ0v) is 12.2. The minimum Gasteiger partial charge on any atom is -0.374 e. The van der Waals surface area contributed by atoms with E-state index in [4.69, 9.17) is 39.5 Å². The molecule has 4 nitrogen and oxygen atoms in total. The van der Waals surface area contributed by atoms with Gasteiger partial charge >= 0.3 is 0 Å². The summed E-state index contributed by atoms with van der Waals surface area (Å²) in [6, 6.07) is 1.58. The van der Waals surface area contributed by atoms with Gasteiger partial charge in [0.15, 0.2) is 0 Å². The maximum atomic E-state index is 6.03. The lowest BCUT2D eigenvalue weighted by Crippen LogP contribution is -2.43. The van der Waals surface area contributed by atoms with Gasteiger partial charge in [-0.2, -0.15) is 0 Å². The van der Waals surface area contributed by atoms with E-state index in [1.54, 1.807) is 6.07 Å². The van der Waals surface area contributed by atoms with Crippen molar-refractivity contribution in [3.05, 3.63) is 21.3 Å². The lowest BCUT2D eigenvalue weighted by atomic mass is 10.3. The molecule has 0 aliphatic carbocycles. The van der Waals surface area contributed by atoms with E-state index in [0.29, 0.717) is 22.4 Å². The Morgan fingerprint density at radius 1 is 1.44 bits per heavy atom. The highest BCUT2D eigenvalue weighted by molar-refractivity contribution is 6.42. The summed E-state index contributed by atoms with van der Waals surface area (Å²) in [6.45, 7) is 3.22. The molecule has 1 aliphatic rings. The number of hydrogen-bond donors (Lipinski definition) is 1. The van der Waals surface area contributed by atoms with Gasteiger partial charge < -0.3 is 15.0 Å². The normalized spacial score (nSPS) is 21.0. The third-order valence-electron chi connectivity index (χ3n) is 2.73. The molecule has 2 heterocycles. The quantitative estimate of drug-likeness (QED) is 0.871. The summed E-state index contributed by atoms with van der Waals surface area (Å²) in [5.74, 6) is 0.530. The van der Waals surface area contributed by atoms with E-state index < -0.39 is 0 Å². The Labute approximate surface area is 121 Å². The molecule has 0 aromatic carbocycles. The fourth-order valence-corrected chi connectivity index (χ4v) is 2.33. The van der Waals surface area contributed by atoms with Crippen molar-refractivity contribution >= 4 is 40.6 Å². The molecule has 1 unspecified atom stereocenters. The second-order valence-corrected chi connectivity index (χ2v) is 5.40. The Morgan fingerprint density at radius 3 is 2.94 bits per heavy atom. The first kappa shape index (κ1) is 14.2.